The average Bonchev–Trinajstić information content (AvgIpc) is 2.95. The van der Waals surface area contributed by atoms with Crippen LogP contribution in [0, 0.1) is 12.7 Å². The third kappa shape index (κ3) is 3.94. The minimum atomic E-state index is -4.08. The number of sulfone groups is 1. The molecule has 3 rings (SSSR count). The van der Waals surface area contributed by atoms with Gasteiger partial charge in [0.15, 0.2) is 9.84 Å². The molecular weight excluding hydrogens is 379 g/mol. The topological polar surface area (TPSA) is 84.4 Å². The molecule has 26 heavy (non-hydrogen) atoms. The first kappa shape index (κ1) is 18.9. The van der Waals surface area contributed by atoms with Crippen molar-refractivity contribution in [2.75, 3.05) is 11.5 Å². The fourth-order valence-electron chi connectivity index (χ4n) is 3.06. The van der Waals surface area contributed by atoms with Gasteiger partial charge in [-0.25, -0.2) is 21.2 Å². The quantitative estimate of drug-likeness (QED) is 0.768. The van der Waals surface area contributed by atoms with Gasteiger partial charge in [-0.2, -0.15) is 4.31 Å². The Labute approximate surface area is 152 Å². The van der Waals surface area contributed by atoms with Gasteiger partial charge in [0.25, 0.3) is 0 Å². The molecule has 0 aliphatic carbocycles. The van der Waals surface area contributed by atoms with Gasteiger partial charge in [-0.3, -0.25) is 4.98 Å². The van der Waals surface area contributed by atoms with Crippen LogP contribution in [-0.2, 0) is 26.4 Å². The predicted molar refractivity (Wildman–Crippen MR) is 95.2 cm³/mol. The Morgan fingerprint density at radius 3 is 2.69 bits per heavy atom. The summed E-state index contributed by atoms with van der Waals surface area (Å²) in [7, 11) is -7.37. The molecule has 0 radical (unpaired) electrons. The van der Waals surface area contributed by atoms with E-state index in [1.54, 1.807) is 25.3 Å². The maximum atomic E-state index is 13.7. The normalized spacial score (nSPS) is 19.7. The summed E-state index contributed by atoms with van der Waals surface area (Å²) in [5, 5.41) is 0. The standard InChI is InChI=1S/C17H19FN2O4S2/c1-13-4-5-15(18)9-17(13)26(23,24)20(11-14-3-2-7-19-10-14)16-6-8-25(21,22)12-16/h2-5,7,9-10,16H,6,8,11-12H2,1H3/t16-/m1/s1. The third-order valence-corrected chi connectivity index (χ3v) is 8.20. The van der Waals surface area contributed by atoms with Crippen LogP contribution in [0.2, 0.25) is 0 Å². The lowest BCUT2D eigenvalue weighted by atomic mass is 10.2. The molecule has 0 unspecified atom stereocenters. The summed E-state index contributed by atoms with van der Waals surface area (Å²) in [6.45, 7) is 1.56. The summed E-state index contributed by atoms with van der Waals surface area (Å²) in [4.78, 5) is 3.83. The number of halogens is 1. The zero-order valence-corrected chi connectivity index (χ0v) is 15.8. The van der Waals surface area contributed by atoms with E-state index in [0.29, 0.717) is 11.1 Å². The Balaban J connectivity index is 2.05. The largest absolute Gasteiger partial charge is 0.264 e. The van der Waals surface area contributed by atoms with Gasteiger partial charge in [0, 0.05) is 25.0 Å². The van der Waals surface area contributed by atoms with Gasteiger partial charge in [-0.1, -0.05) is 12.1 Å². The van der Waals surface area contributed by atoms with Crippen LogP contribution in [0.4, 0.5) is 4.39 Å². The molecule has 0 bridgehead atoms. The Kier molecular flexibility index (Phi) is 5.14. The zero-order valence-electron chi connectivity index (χ0n) is 14.2. The van der Waals surface area contributed by atoms with E-state index in [2.05, 4.69) is 4.98 Å². The molecular formula is C17H19FN2O4S2. The molecule has 0 saturated carbocycles. The van der Waals surface area contributed by atoms with E-state index in [1.807, 2.05) is 0 Å². The fraction of sp³-hybridized carbons (Fsp3) is 0.353. The highest BCUT2D eigenvalue weighted by atomic mass is 32.2. The minimum Gasteiger partial charge on any atom is -0.264 e. The summed E-state index contributed by atoms with van der Waals surface area (Å²) < 4.78 is 65.1. The summed E-state index contributed by atoms with van der Waals surface area (Å²) in [6, 6.07) is 6.28. The van der Waals surface area contributed by atoms with Crippen molar-refractivity contribution >= 4 is 19.9 Å². The SMILES string of the molecule is Cc1ccc(F)cc1S(=O)(=O)N(Cc1cccnc1)[C@@H]1CCS(=O)(=O)C1. The molecule has 2 aromatic rings. The summed E-state index contributed by atoms with van der Waals surface area (Å²) >= 11 is 0. The smallest absolute Gasteiger partial charge is 0.244 e. The third-order valence-electron chi connectivity index (χ3n) is 4.41. The Hall–Kier alpha value is -1.84. The van der Waals surface area contributed by atoms with Crippen molar-refractivity contribution in [2.45, 2.75) is 30.8 Å². The van der Waals surface area contributed by atoms with Crippen LogP contribution in [0.5, 0.6) is 0 Å². The molecule has 1 aromatic heterocycles. The van der Waals surface area contributed by atoms with Crippen molar-refractivity contribution in [2.24, 2.45) is 0 Å². The number of rotatable bonds is 5. The molecule has 0 N–H and O–H groups in total. The fourth-order valence-corrected chi connectivity index (χ4v) is 6.77. The maximum absolute atomic E-state index is 13.7. The number of sulfonamides is 1. The zero-order chi connectivity index (χ0) is 18.9. The van der Waals surface area contributed by atoms with Crippen LogP contribution >= 0.6 is 0 Å². The number of pyridine rings is 1. The molecule has 9 heteroatoms. The molecule has 1 atom stereocenters. The molecule has 1 aliphatic heterocycles. The van der Waals surface area contributed by atoms with Crippen molar-refractivity contribution in [3.8, 4) is 0 Å². The number of benzene rings is 1. The molecule has 140 valence electrons. The Morgan fingerprint density at radius 1 is 1.31 bits per heavy atom. The molecule has 6 nitrogen and oxygen atoms in total. The Morgan fingerprint density at radius 2 is 2.08 bits per heavy atom. The highest BCUT2D eigenvalue weighted by Gasteiger charge is 2.39. The van der Waals surface area contributed by atoms with Crippen LogP contribution in [0.1, 0.15) is 17.5 Å². The molecule has 1 aromatic carbocycles. The highest BCUT2D eigenvalue weighted by molar-refractivity contribution is 7.92. The molecule has 2 heterocycles. The van der Waals surface area contributed by atoms with Crippen LogP contribution in [-0.4, -0.2) is 43.7 Å². The van der Waals surface area contributed by atoms with Gasteiger partial charge in [0.1, 0.15) is 5.82 Å². The van der Waals surface area contributed by atoms with Crippen molar-refractivity contribution < 1.29 is 21.2 Å². The van der Waals surface area contributed by atoms with E-state index in [1.165, 1.54) is 18.3 Å². The van der Waals surface area contributed by atoms with E-state index >= 15 is 0 Å². The van der Waals surface area contributed by atoms with E-state index in [9.17, 15) is 21.2 Å². The lowest BCUT2D eigenvalue weighted by molar-refractivity contribution is 0.333. The molecule has 1 fully saturated rings. The summed E-state index contributed by atoms with van der Waals surface area (Å²) in [5.74, 6) is -0.950. The lowest BCUT2D eigenvalue weighted by Gasteiger charge is -2.28. The second kappa shape index (κ2) is 7.05. The second-order valence-corrected chi connectivity index (χ2v) is 10.5. The van der Waals surface area contributed by atoms with E-state index in [-0.39, 0.29) is 29.4 Å². The monoisotopic (exact) mass is 398 g/mol. The average molecular weight is 398 g/mol. The van der Waals surface area contributed by atoms with Gasteiger partial charge in [-0.15, -0.1) is 0 Å². The molecule has 0 amide bonds. The first-order valence-electron chi connectivity index (χ1n) is 8.06. The summed E-state index contributed by atoms with van der Waals surface area (Å²) in [6.07, 6.45) is 3.32. The van der Waals surface area contributed by atoms with Gasteiger partial charge >= 0.3 is 0 Å². The van der Waals surface area contributed by atoms with E-state index in [0.717, 1.165) is 10.4 Å². The Bertz CT molecular complexity index is 1010. The molecule has 0 spiro atoms. The van der Waals surface area contributed by atoms with Crippen LogP contribution in [0.25, 0.3) is 0 Å². The number of aryl methyl sites for hydroxylation is 1. The molecule has 1 aliphatic rings. The van der Waals surface area contributed by atoms with Crippen molar-refractivity contribution in [3.63, 3.8) is 0 Å². The first-order valence-corrected chi connectivity index (χ1v) is 11.3. The van der Waals surface area contributed by atoms with Gasteiger partial charge < -0.3 is 0 Å². The predicted octanol–water partition coefficient (Wildman–Crippen LogP) is 1.91. The number of nitrogens with zero attached hydrogens (tertiary/aromatic N) is 2. The van der Waals surface area contributed by atoms with Crippen molar-refractivity contribution in [1.82, 2.24) is 9.29 Å². The molecule has 1 saturated heterocycles. The van der Waals surface area contributed by atoms with Gasteiger partial charge in [0.2, 0.25) is 10.0 Å². The number of hydrogen-bond acceptors (Lipinski definition) is 5. The van der Waals surface area contributed by atoms with Crippen molar-refractivity contribution in [3.05, 3.63) is 59.7 Å². The van der Waals surface area contributed by atoms with E-state index < -0.39 is 31.7 Å². The van der Waals surface area contributed by atoms with E-state index in [4.69, 9.17) is 0 Å². The van der Waals surface area contributed by atoms with Crippen LogP contribution < -0.4 is 0 Å². The summed E-state index contributed by atoms with van der Waals surface area (Å²) in [5.41, 5.74) is 1.04. The minimum absolute atomic E-state index is 0.0215. The maximum Gasteiger partial charge on any atom is 0.244 e. The number of aromatic nitrogens is 1. The first-order chi connectivity index (χ1) is 12.2. The second-order valence-electron chi connectivity index (χ2n) is 6.38. The van der Waals surface area contributed by atoms with Crippen LogP contribution in [0.3, 0.4) is 0 Å². The van der Waals surface area contributed by atoms with Crippen LogP contribution in [0.15, 0.2) is 47.6 Å². The van der Waals surface area contributed by atoms with Crippen molar-refractivity contribution in [1.29, 1.82) is 0 Å². The van der Waals surface area contributed by atoms with Gasteiger partial charge in [-0.05, 0) is 42.7 Å². The lowest BCUT2D eigenvalue weighted by Crippen LogP contribution is -2.40. The number of hydrogen-bond donors (Lipinski definition) is 0. The highest BCUT2D eigenvalue weighted by Crippen LogP contribution is 2.28. The van der Waals surface area contributed by atoms with Gasteiger partial charge in [0.05, 0.1) is 16.4 Å².